The van der Waals surface area contributed by atoms with Gasteiger partial charge in [-0.05, 0) is 48.2 Å². The molecule has 1 aromatic heterocycles. The van der Waals surface area contributed by atoms with Crippen molar-refractivity contribution in [2.24, 2.45) is 5.73 Å². The number of primary amides is 1. The van der Waals surface area contributed by atoms with Gasteiger partial charge >= 0.3 is 13.2 Å². The molecule has 6 nitrogen and oxygen atoms in total. The molecule has 3 N–H and O–H groups in total. The van der Waals surface area contributed by atoms with Crippen LogP contribution in [0.2, 0.25) is 5.02 Å². The van der Waals surface area contributed by atoms with Gasteiger partial charge in [0.2, 0.25) is 5.91 Å². The van der Waals surface area contributed by atoms with Crippen molar-refractivity contribution in [2.75, 3.05) is 0 Å². The quantitative estimate of drug-likeness (QED) is 0.317. The first-order valence-electron chi connectivity index (χ1n) is 10.5. The molecule has 0 radical (unpaired) electrons. The minimum absolute atomic E-state index is 0.342. The van der Waals surface area contributed by atoms with Crippen LogP contribution in [0.5, 0.6) is 11.5 Å². The van der Waals surface area contributed by atoms with E-state index in [1.54, 1.807) is 42.5 Å². The molecule has 3 rings (SSSR count). The molecule has 0 aliphatic carbocycles. The summed E-state index contributed by atoms with van der Waals surface area (Å²) in [6.07, 6.45) is 2.24. The van der Waals surface area contributed by atoms with Gasteiger partial charge in [0.25, 0.3) is 0 Å². The molecule has 11 heteroatoms. The number of carbonyl (C=O) groups is 1. The summed E-state index contributed by atoms with van der Waals surface area (Å²) in [6, 6.07) is 14.2. The highest BCUT2D eigenvalue weighted by Crippen LogP contribution is 2.35. The molecule has 0 fully saturated rings. The first-order valence-corrected chi connectivity index (χ1v) is 10.8. The van der Waals surface area contributed by atoms with Crippen molar-refractivity contribution < 1.29 is 31.8 Å². The van der Waals surface area contributed by atoms with Crippen LogP contribution in [0.4, 0.5) is 17.6 Å². The normalized spacial score (nSPS) is 13.0. The lowest BCUT2D eigenvalue weighted by atomic mass is 9.97. The van der Waals surface area contributed by atoms with E-state index < -0.39 is 42.7 Å². The largest absolute Gasteiger partial charge is 0.431 e. The van der Waals surface area contributed by atoms with E-state index in [2.05, 4.69) is 19.8 Å². The number of rotatable bonds is 12. The number of ether oxygens (including phenoxy) is 2. The second kappa shape index (κ2) is 12.4. The summed E-state index contributed by atoms with van der Waals surface area (Å²) in [5.74, 6) is -1.77. The van der Waals surface area contributed by atoms with Crippen molar-refractivity contribution >= 4 is 17.5 Å². The molecule has 0 aliphatic heterocycles. The highest BCUT2D eigenvalue weighted by molar-refractivity contribution is 6.30. The second-order valence-electron chi connectivity index (χ2n) is 7.43. The van der Waals surface area contributed by atoms with Crippen LogP contribution in [0.3, 0.4) is 0 Å². The molecule has 2 aromatic carbocycles. The third-order valence-corrected chi connectivity index (χ3v) is 5.29. The molecule has 1 heterocycles. The number of hydrogen-bond donors (Lipinski definition) is 2. The monoisotopic (exact) mass is 511 g/mol. The van der Waals surface area contributed by atoms with Gasteiger partial charge < -0.3 is 15.2 Å². The molecule has 0 saturated heterocycles. The molecular formula is C24H22ClF4N3O3. The fraction of sp³-hybridized carbons (Fsp3) is 0.250. The highest BCUT2D eigenvalue weighted by atomic mass is 35.5. The van der Waals surface area contributed by atoms with Crippen LogP contribution in [0.15, 0.2) is 66.9 Å². The fourth-order valence-corrected chi connectivity index (χ4v) is 3.62. The van der Waals surface area contributed by atoms with Gasteiger partial charge in [-0.25, -0.2) is 0 Å². The smallest absolute Gasteiger partial charge is 0.387 e. The molecule has 0 bridgehead atoms. The maximum Gasteiger partial charge on any atom is 0.387 e. The summed E-state index contributed by atoms with van der Waals surface area (Å²) < 4.78 is 60.1. The van der Waals surface area contributed by atoms with E-state index in [0.717, 1.165) is 6.07 Å². The van der Waals surface area contributed by atoms with E-state index in [1.807, 2.05) is 0 Å². The highest BCUT2D eigenvalue weighted by Gasteiger charge is 2.25. The molecule has 0 saturated carbocycles. The van der Waals surface area contributed by atoms with E-state index in [-0.39, 0.29) is 0 Å². The first-order chi connectivity index (χ1) is 16.7. The Morgan fingerprint density at radius 1 is 0.943 bits per heavy atom. The number of aromatic nitrogens is 1. The zero-order chi connectivity index (χ0) is 25.4. The summed E-state index contributed by atoms with van der Waals surface area (Å²) in [5, 5.41) is 3.61. The van der Waals surface area contributed by atoms with Gasteiger partial charge in [0, 0.05) is 17.9 Å². The summed E-state index contributed by atoms with van der Waals surface area (Å²) in [4.78, 5) is 16.5. The minimum atomic E-state index is -3.27. The van der Waals surface area contributed by atoms with Crippen LogP contribution in [-0.2, 0) is 11.2 Å². The van der Waals surface area contributed by atoms with Crippen molar-refractivity contribution in [3.63, 3.8) is 0 Å². The molecule has 35 heavy (non-hydrogen) atoms. The van der Waals surface area contributed by atoms with Crippen molar-refractivity contribution in [2.45, 2.75) is 38.1 Å². The van der Waals surface area contributed by atoms with Crippen molar-refractivity contribution in [3.05, 3.63) is 88.7 Å². The third-order valence-electron chi connectivity index (χ3n) is 5.07. The second-order valence-corrected chi connectivity index (χ2v) is 7.87. The van der Waals surface area contributed by atoms with Gasteiger partial charge in [0.15, 0.2) is 11.5 Å². The number of pyridine rings is 1. The van der Waals surface area contributed by atoms with Crippen LogP contribution in [0.1, 0.15) is 35.3 Å². The third kappa shape index (κ3) is 7.83. The Morgan fingerprint density at radius 3 is 2.23 bits per heavy atom. The van der Waals surface area contributed by atoms with E-state index in [1.165, 1.54) is 18.3 Å². The van der Waals surface area contributed by atoms with Gasteiger partial charge in [-0.15, -0.1) is 0 Å². The number of alkyl halides is 4. The van der Waals surface area contributed by atoms with Crippen molar-refractivity contribution in [1.29, 1.82) is 0 Å². The first kappa shape index (κ1) is 26.2. The number of amides is 1. The zero-order valence-electron chi connectivity index (χ0n) is 18.2. The summed E-state index contributed by atoms with van der Waals surface area (Å²) in [6.45, 7) is -6.50. The summed E-state index contributed by atoms with van der Waals surface area (Å²) in [7, 11) is 0. The molecule has 186 valence electrons. The van der Waals surface area contributed by atoms with Gasteiger partial charge in [-0.2, -0.15) is 17.6 Å². The number of nitrogens with two attached hydrogens (primary N) is 1. The molecular weight excluding hydrogens is 490 g/mol. The average molecular weight is 512 g/mol. The number of carbonyl (C=O) groups excluding carboxylic acids is 1. The number of aryl methyl sites for hydroxylation is 1. The Bertz CT molecular complexity index is 1100. The van der Waals surface area contributed by atoms with E-state index in [9.17, 15) is 22.4 Å². The van der Waals surface area contributed by atoms with Gasteiger partial charge in [-0.3, -0.25) is 15.1 Å². The van der Waals surface area contributed by atoms with E-state index in [0.29, 0.717) is 34.7 Å². The van der Waals surface area contributed by atoms with Gasteiger partial charge in [0.1, 0.15) is 6.04 Å². The van der Waals surface area contributed by atoms with Crippen LogP contribution < -0.4 is 20.5 Å². The lowest BCUT2D eigenvalue weighted by Crippen LogP contribution is -2.36. The van der Waals surface area contributed by atoms with Gasteiger partial charge in [-0.1, -0.05) is 48.0 Å². The Hall–Kier alpha value is -3.37. The van der Waals surface area contributed by atoms with Crippen molar-refractivity contribution in [1.82, 2.24) is 10.3 Å². The molecule has 2 unspecified atom stereocenters. The molecule has 3 aromatic rings. The lowest BCUT2D eigenvalue weighted by Gasteiger charge is -2.25. The predicted molar refractivity (Wildman–Crippen MR) is 122 cm³/mol. The number of hydrogen-bond acceptors (Lipinski definition) is 5. The topological polar surface area (TPSA) is 86.5 Å². The number of benzene rings is 2. The van der Waals surface area contributed by atoms with Crippen molar-refractivity contribution in [3.8, 4) is 11.5 Å². The van der Waals surface area contributed by atoms with Crippen LogP contribution in [-0.4, -0.2) is 24.1 Å². The van der Waals surface area contributed by atoms with Crippen LogP contribution >= 0.6 is 11.6 Å². The zero-order valence-corrected chi connectivity index (χ0v) is 19.0. The predicted octanol–water partition coefficient (Wildman–Crippen LogP) is 5.43. The Labute approximate surface area is 204 Å². The SMILES string of the molecule is NC(=O)C(NC(CCc1ccc(Cl)cn1)c1ccc(OC(F)F)c(OC(F)F)c1)c1ccccc1. The van der Waals surface area contributed by atoms with E-state index in [4.69, 9.17) is 17.3 Å². The van der Waals surface area contributed by atoms with E-state index >= 15 is 0 Å². The summed E-state index contributed by atoms with van der Waals surface area (Å²) >= 11 is 5.88. The minimum Gasteiger partial charge on any atom is -0.431 e. The molecule has 1 amide bonds. The number of halogens is 5. The van der Waals surface area contributed by atoms with Crippen LogP contribution in [0, 0.1) is 0 Å². The Balaban J connectivity index is 1.95. The number of nitrogens with one attached hydrogen (secondary N) is 1. The maximum atomic E-state index is 12.9. The number of nitrogens with zero attached hydrogens (tertiary/aromatic N) is 1. The van der Waals surface area contributed by atoms with Crippen LogP contribution in [0.25, 0.3) is 0 Å². The molecule has 0 aliphatic rings. The average Bonchev–Trinajstić information content (AvgIpc) is 2.81. The Kier molecular flexibility index (Phi) is 9.27. The summed E-state index contributed by atoms with van der Waals surface area (Å²) in [5.41, 5.74) is 7.31. The Morgan fingerprint density at radius 2 is 1.63 bits per heavy atom. The van der Waals surface area contributed by atoms with Gasteiger partial charge in [0.05, 0.1) is 5.02 Å². The standard InChI is InChI=1S/C24H22ClF4N3O3/c25-16-7-8-17(31-13-16)9-10-18(32-21(22(30)33)14-4-2-1-3-5-14)15-6-11-19(34-23(26)27)20(12-15)35-24(28)29/h1-8,11-13,18,21,23-24,32H,9-10H2,(H2,30,33). The lowest BCUT2D eigenvalue weighted by molar-refractivity contribution is -0.120. The molecule has 2 atom stereocenters. The molecule has 0 spiro atoms. The maximum absolute atomic E-state index is 12.9. The fourth-order valence-electron chi connectivity index (χ4n) is 3.50.